The smallest absolute Gasteiger partial charge is 0.0525 e. The fraction of sp³-hybridized carbons (Fsp3) is 0.750. The zero-order valence-electron chi connectivity index (χ0n) is 9.67. The van der Waals surface area contributed by atoms with Gasteiger partial charge < -0.3 is 0 Å². The molecule has 0 rings (SSSR count). The first-order valence-electron chi connectivity index (χ1n) is 5.32. The van der Waals surface area contributed by atoms with Crippen LogP contribution in [0, 0.1) is 5.92 Å². The second kappa shape index (κ2) is 6.88. The third kappa shape index (κ3) is 4.87. The lowest BCUT2D eigenvalue weighted by Gasteiger charge is -2.17. The maximum atomic E-state index is 4.69. The highest BCUT2D eigenvalue weighted by Gasteiger charge is 2.11. The zero-order chi connectivity index (χ0) is 10.3. The Bertz CT molecular complexity index is 180. The summed E-state index contributed by atoms with van der Waals surface area (Å²) in [5.41, 5.74) is 1.15. The van der Waals surface area contributed by atoms with Crippen molar-refractivity contribution < 1.29 is 0 Å². The molecule has 0 amide bonds. The average molecular weight is 181 g/mol. The minimum absolute atomic E-state index is 0.501. The predicted octanol–water partition coefficient (Wildman–Crippen LogP) is 3.85. The summed E-state index contributed by atoms with van der Waals surface area (Å²) in [5.74, 6) is 0.699. The minimum Gasteiger partial charge on any atom is -0.286 e. The lowest BCUT2D eigenvalue weighted by Crippen LogP contribution is -2.15. The Morgan fingerprint density at radius 3 is 2.31 bits per heavy atom. The molecule has 13 heavy (non-hydrogen) atoms. The standard InChI is InChI=1S/C12H23N/c1-6-9-11(5)13-12(8-3)10(4)7-2/h6,9-10,12H,7-8H2,1-5H3/b9-6-,13-11?. The van der Waals surface area contributed by atoms with Crippen molar-refractivity contribution in [1.29, 1.82) is 0 Å². The van der Waals surface area contributed by atoms with Gasteiger partial charge in [-0.15, -0.1) is 0 Å². The molecule has 0 aromatic heterocycles. The van der Waals surface area contributed by atoms with Crippen LogP contribution < -0.4 is 0 Å². The Labute approximate surface area is 83.0 Å². The summed E-state index contributed by atoms with van der Waals surface area (Å²) < 4.78 is 0. The summed E-state index contributed by atoms with van der Waals surface area (Å²) in [6.07, 6.45) is 6.47. The Kier molecular flexibility index (Phi) is 6.56. The van der Waals surface area contributed by atoms with Crippen molar-refractivity contribution in [3.63, 3.8) is 0 Å². The van der Waals surface area contributed by atoms with E-state index in [0.29, 0.717) is 12.0 Å². The van der Waals surface area contributed by atoms with Crippen molar-refractivity contribution in [1.82, 2.24) is 0 Å². The molecule has 0 aromatic carbocycles. The van der Waals surface area contributed by atoms with Crippen molar-refractivity contribution in [3.8, 4) is 0 Å². The molecule has 0 spiro atoms. The second-order valence-corrected chi connectivity index (χ2v) is 3.63. The molecule has 0 aliphatic rings. The van der Waals surface area contributed by atoms with Crippen molar-refractivity contribution in [2.45, 2.75) is 53.5 Å². The van der Waals surface area contributed by atoms with E-state index < -0.39 is 0 Å². The molecular formula is C12H23N. The van der Waals surface area contributed by atoms with Crippen LogP contribution in [-0.2, 0) is 0 Å². The molecule has 1 nitrogen and oxygen atoms in total. The number of aliphatic imine (C=N–C) groups is 1. The van der Waals surface area contributed by atoms with E-state index in [4.69, 9.17) is 0 Å². The van der Waals surface area contributed by atoms with Crippen LogP contribution in [0.2, 0.25) is 0 Å². The van der Waals surface area contributed by atoms with Crippen molar-refractivity contribution >= 4 is 5.71 Å². The Hall–Kier alpha value is -0.590. The van der Waals surface area contributed by atoms with Crippen LogP contribution in [0.1, 0.15) is 47.5 Å². The summed E-state index contributed by atoms with van der Waals surface area (Å²) >= 11 is 0. The fourth-order valence-electron chi connectivity index (χ4n) is 1.44. The van der Waals surface area contributed by atoms with Crippen LogP contribution >= 0.6 is 0 Å². The largest absolute Gasteiger partial charge is 0.286 e. The maximum absolute atomic E-state index is 4.69. The molecule has 0 bridgehead atoms. The SMILES string of the molecule is C/C=C\C(C)=NC(CC)C(C)CC. The van der Waals surface area contributed by atoms with Crippen LogP contribution in [0.5, 0.6) is 0 Å². The maximum Gasteiger partial charge on any atom is 0.0525 e. The molecule has 0 fully saturated rings. The monoisotopic (exact) mass is 181 g/mol. The third-order valence-corrected chi connectivity index (χ3v) is 2.50. The van der Waals surface area contributed by atoms with E-state index in [0.717, 1.165) is 12.1 Å². The zero-order valence-corrected chi connectivity index (χ0v) is 9.67. The Morgan fingerprint density at radius 1 is 1.31 bits per heavy atom. The van der Waals surface area contributed by atoms with Crippen LogP contribution in [0.25, 0.3) is 0 Å². The molecule has 76 valence electrons. The van der Waals surface area contributed by atoms with Crippen molar-refractivity contribution in [2.24, 2.45) is 10.9 Å². The minimum atomic E-state index is 0.501. The van der Waals surface area contributed by atoms with Gasteiger partial charge in [0.2, 0.25) is 0 Å². The lowest BCUT2D eigenvalue weighted by molar-refractivity contribution is 0.435. The Morgan fingerprint density at radius 2 is 1.92 bits per heavy atom. The van der Waals surface area contributed by atoms with Gasteiger partial charge in [-0.3, -0.25) is 4.99 Å². The summed E-state index contributed by atoms with van der Waals surface area (Å²) in [7, 11) is 0. The normalized spacial score (nSPS) is 17.8. The van der Waals surface area contributed by atoms with Crippen LogP contribution in [0.15, 0.2) is 17.1 Å². The third-order valence-electron chi connectivity index (χ3n) is 2.50. The van der Waals surface area contributed by atoms with Crippen LogP contribution in [-0.4, -0.2) is 11.8 Å². The van der Waals surface area contributed by atoms with E-state index >= 15 is 0 Å². The van der Waals surface area contributed by atoms with Crippen LogP contribution in [0.4, 0.5) is 0 Å². The molecule has 0 N–H and O–H groups in total. The fourth-order valence-corrected chi connectivity index (χ4v) is 1.44. The molecule has 0 aliphatic heterocycles. The summed E-state index contributed by atoms with van der Waals surface area (Å²) in [4.78, 5) is 4.69. The average Bonchev–Trinajstić information content (AvgIpc) is 2.13. The molecule has 0 aliphatic carbocycles. The lowest BCUT2D eigenvalue weighted by atomic mass is 9.97. The first kappa shape index (κ1) is 12.4. The van der Waals surface area contributed by atoms with Gasteiger partial charge in [0, 0.05) is 5.71 Å². The molecule has 1 heteroatoms. The number of allylic oxidation sites excluding steroid dienone is 2. The van der Waals surface area contributed by atoms with E-state index in [1.54, 1.807) is 0 Å². The molecular weight excluding hydrogens is 158 g/mol. The second-order valence-electron chi connectivity index (χ2n) is 3.63. The number of hydrogen-bond donors (Lipinski definition) is 0. The topological polar surface area (TPSA) is 12.4 Å². The van der Waals surface area contributed by atoms with Gasteiger partial charge in [-0.2, -0.15) is 0 Å². The van der Waals surface area contributed by atoms with Crippen LogP contribution in [0.3, 0.4) is 0 Å². The van der Waals surface area contributed by atoms with Gasteiger partial charge in [-0.25, -0.2) is 0 Å². The molecule has 2 atom stereocenters. The molecule has 0 aromatic rings. The molecule has 2 unspecified atom stereocenters. The summed E-state index contributed by atoms with van der Waals surface area (Å²) in [6.45, 7) is 10.8. The van der Waals surface area contributed by atoms with Gasteiger partial charge >= 0.3 is 0 Å². The highest BCUT2D eigenvalue weighted by molar-refractivity contribution is 5.92. The van der Waals surface area contributed by atoms with E-state index in [9.17, 15) is 0 Å². The Balaban J connectivity index is 4.33. The first-order chi connectivity index (χ1) is 6.15. The number of hydrogen-bond acceptors (Lipinski definition) is 1. The molecule has 0 saturated heterocycles. The molecule has 0 radical (unpaired) electrons. The number of nitrogens with zero attached hydrogens (tertiary/aromatic N) is 1. The quantitative estimate of drug-likeness (QED) is 0.571. The van der Waals surface area contributed by atoms with Crippen molar-refractivity contribution in [3.05, 3.63) is 12.2 Å². The first-order valence-corrected chi connectivity index (χ1v) is 5.32. The van der Waals surface area contributed by atoms with E-state index in [2.05, 4.69) is 38.8 Å². The van der Waals surface area contributed by atoms with Crippen molar-refractivity contribution in [2.75, 3.05) is 0 Å². The van der Waals surface area contributed by atoms with Gasteiger partial charge in [0.15, 0.2) is 0 Å². The predicted molar refractivity (Wildman–Crippen MR) is 61.5 cm³/mol. The van der Waals surface area contributed by atoms with Gasteiger partial charge in [-0.05, 0) is 32.3 Å². The highest BCUT2D eigenvalue weighted by atomic mass is 14.8. The number of rotatable bonds is 5. The van der Waals surface area contributed by atoms with Gasteiger partial charge in [0.05, 0.1) is 6.04 Å². The van der Waals surface area contributed by atoms with Gasteiger partial charge in [0.1, 0.15) is 0 Å². The summed E-state index contributed by atoms with van der Waals surface area (Å²) in [5, 5.41) is 0. The van der Waals surface area contributed by atoms with E-state index in [1.165, 1.54) is 6.42 Å². The van der Waals surface area contributed by atoms with E-state index in [1.807, 2.05) is 13.0 Å². The van der Waals surface area contributed by atoms with Gasteiger partial charge in [-0.1, -0.05) is 33.3 Å². The van der Waals surface area contributed by atoms with E-state index in [-0.39, 0.29) is 0 Å². The van der Waals surface area contributed by atoms with Gasteiger partial charge in [0.25, 0.3) is 0 Å². The highest BCUT2D eigenvalue weighted by Crippen LogP contribution is 2.14. The molecule has 0 heterocycles. The molecule has 0 saturated carbocycles. The summed E-state index contributed by atoms with van der Waals surface area (Å²) in [6, 6.07) is 0.501.